The van der Waals surface area contributed by atoms with Gasteiger partial charge in [0.05, 0.1) is 4.92 Å². The van der Waals surface area contributed by atoms with Crippen molar-refractivity contribution in [1.29, 1.82) is 0 Å². The number of nitro groups is 1. The Balaban J connectivity index is 2.97. The van der Waals surface area contributed by atoms with Gasteiger partial charge in [0.15, 0.2) is 0 Å². The Morgan fingerprint density at radius 1 is 1.48 bits per heavy atom. The van der Waals surface area contributed by atoms with E-state index in [-0.39, 0.29) is 5.91 Å². The van der Waals surface area contributed by atoms with Gasteiger partial charge in [-0.05, 0) is 26.0 Å². The number of hydrogen-bond donors (Lipinski definition) is 1. The number of rotatable bonds is 5. The highest BCUT2D eigenvalue weighted by Gasteiger charge is 2.25. The van der Waals surface area contributed by atoms with E-state index in [1.54, 1.807) is 14.0 Å². The van der Waals surface area contributed by atoms with Gasteiger partial charge < -0.3 is 10.2 Å². The molecule has 114 valence electrons. The lowest BCUT2D eigenvalue weighted by molar-refractivity contribution is -0.385. The van der Waals surface area contributed by atoms with Crippen LogP contribution in [0.25, 0.3) is 0 Å². The maximum absolute atomic E-state index is 13.2. The molecule has 0 radical (unpaired) electrons. The second kappa shape index (κ2) is 6.78. The molecule has 1 aromatic rings. The van der Waals surface area contributed by atoms with E-state index in [0.717, 1.165) is 18.2 Å². The number of halogens is 1. The summed E-state index contributed by atoms with van der Waals surface area (Å²) in [4.78, 5) is 35.3. The maximum Gasteiger partial charge on any atom is 0.282 e. The first-order chi connectivity index (χ1) is 9.77. The van der Waals surface area contributed by atoms with Crippen molar-refractivity contribution in [1.82, 2.24) is 10.2 Å². The summed E-state index contributed by atoms with van der Waals surface area (Å²) in [5.74, 6) is -1.98. The third-order valence-electron chi connectivity index (χ3n) is 2.97. The number of nitro benzene ring substituents is 1. The number of benzene rings is 1. The van der Waals surface area contributed by atoms with Gasteiger partial charge in [-0.2, -0.15) is 0 Å². The average Bonchev–Trinajstić information content (AvgIpc) is 2.44. The smallest absolute Gasteiger partial charge is 0.282 e. The fraction of sp³-hybridized carbons (Fsp3) is 0.385. The van der Waals surface area contributed by atoms with E-state index in [2.05, 4.69) is 5.32 Å². The van der Waals surface area contributed by atoms with Crippen molar-refractivity contribution >= 4 is 17.5 Å². The molecule has 0 spiro atoms. The number of carbonyl (C=O) groups excluding carboxylic acids is 2. The molecule has 1 N–H and O–H groups in total. The van der Waals surface area contributed by atoms with Crippen LogP contribution in [0.5, 0.6) is 0 Å². The molecule has 7 nitrogen and oxygen atoms in total. The molecule has 0 aliphatic rings. The van der Waals surface area contributed by atoms with E-state index in [1.807, 2.05) is 0 Å². The molecular weight excluding hydrogens is 281 g/mol. The van der Waals surface area contributed by atoms with E-state index in [4.69, 9.17) is 0 Å². The standard InChI is InChI=1S/C13H16FN3O4/c1-4-16(3)13(19)8(2)15-12(18)10-7-9(14)5-6-11(10)17(20)21/h5-8H,4H2,1-3H3,(H,15,18). The van der Waals surface area contributed by atoms with Crippen LogP contribution in [0, 0.1) is 15.9 Å². The zero-order chi connectivity index (χ0) is 16.2. The summed E-state index contributed by atoms with van der Waals surface area (Å²) in [5.41, 5.74) is -0.934. The van der Waals surface area contributed by atoms with Gasteiger partial charge in [0.25, 0.3) is 11.6 Å². The largest absolute Gasteiger partial charge is 0.344 e. The molecule has 0 aromatic heterocycles. The molecule has 0 saturated heterocycles. The Bertz CT molecular complexity index is 577. The highest BCUT2D eigenvalue weighted by Crippen LogP contribution is 2.19. The SMILES string of the molecule is CCN(C)C(=O)C(C)NC(=O)c1cc(F)ccc1[N+](=O)[O-]. The van der Waals surface area contributed by atoms with Gasteiger partial charge in [0, 0.05) is 19.7 Å². The number of nitrogens with one attached hydrogen (secondary N) is 1. The van der Waals surface area contributed by atoms with Crippen molar-refractivity contribution in [3.05, 3.63) is 39.7 Å². The molecule has 1 atom stereocenters. The van der Waals surface area contributed by atoms with Crippen LogP contribution in [-0.2, 0) is 4.79 Å². The van der Waals surface area contributed by atoms with Crippen LogP contribution in [0.2, 0.25) is 0 Å². The highest BCUT2D eigenvalue weighted by atomic mass is 19.1. The van der Waals surface area contributed by atoms with Gasteiger partial charge in [0.1, 0.15) is 17.4 Å². The molecule has 0 aliphatic carbocycles. The van der Waals surface area contributed by atoms with Gasteiger partial charge in [-0.15, -0.1) is 0 Å². The molecule has 0 bridgehead atoms. The van der Waals surface area contributed by atoms with Crippen LogP contribution in [0.15, 0.2) is 18.2 Å². The zero-order valence-electron chi connectivity index (χ0n) is 11.9. The Morgan fingerprint density at radius 3 is 2.62 bits per heavy atom. The predicted molar refractivity (Wildman–Crippen MR) is 73.3 cm³/mol. The minimum Gasteiger partial charge on any atom is -0.344 e. The van der Waals surface area contributed by atoms with Gasteiger partial charge in [-0.3, -0.25) is 19.7 Å². The van der Waals surface area contributed by atoms with Gasteiger partial charge in [0.2, 0.25) is 5.91 Å². The van der Waals surface area contributed by atoms with Crippen molar-refractivity contribution in [2.24, 2.45) is 0 Å². The summed E-state index contributed by atoms with van der Waals surface area (Å²) in [6.45, 7) is 3.68. The first-order valence-electron chi connectivity index (χ1n) is 6.27. The number of carbonyl (C=O) groups is 2. The van der Waals surface area contributed by atoms with E-state index in [9.17, 15) is 24.1 Å². The first-order valence-corrected chi connectivity index (χ1v) is 6.27. The molecule has 1 aromatic carbocycles. The zero-order valence-corrected chi connectivity index (χ0v) is 11.9. The third-order valence-corrected chi connectivity index (χ3v) is 2.97. The fourth-order valence-electron chi connectivity index (χ4n) is 1.67. The number of likely N-dealkylation sites (N-methyl/N-ethyl adjacent to an activating group) is 1. The van der Waals surface area contributed by atoms with Crippen molar-refractivity contribution in [3.8, 4) is 0 Å². The Labute approximate surface area is 120 Å². The lowest BCUT2D eigenvalue weighted by Crippen LogP contribution is -2.45. The number of amides is 2. The highest BCUT2D eigenvalue weighted by molar-refractivity contribution is 6.00. The van der Waals surface area contributed by atoms with Crippen LogP contribution in [0.1, 0.15) is 24.2 Å². The van der Waals surface area contributed by atoms with Crippen molar-refractivity contribution < 1.29 is 18.9 Å². The van der Waals surface area contributed by atoms with Crippen LogP contribution < -0.4 is 5.32 Å². The Morgan fingerprint density at radius 2 is 2.10 bits per heavy atom. The van der Waals surface area contributed by atoms with E-state index >= 15 is 0 Å². The maximum atomic E-state index is 13.2. The second-order valence-corrected chi connectivity index (χ2v) is 4.47. The lowest BCUT2D eigenvalue weighted by Gasteiger charge is -2.20. The molecule has 0 aliphatic heterocycles. The topological polar surface area (TPSA) is 92.6 Å². The molecule has 0 fully saturated rings. The normalized spacial score (nSPS) is 11.6. The summed E-state index contributed by atoms with van der Waals surface area (Å²) >= 11 is 0. The summed E-state index contributed by atoms with van der Waals surface area (Å²) < 4.78 is 13.2. The van der Waals surface area contributed by atoms with Crippen LogP contribution in [-0.4, -0.2) is 41.3 Å². The molecule has 0 heterocycles. The predicted octanol–water partition coefficient (Wildman–Crippen LogP) is 1.33. The van der Waals surface area contributed by atoms with Crippen molar-refractivity contribution in [2.75, 3.05) is 13.6 Å². The molecule has 1 rings (SSSR count). The van der Waals surface area contributed by atoms with Gasteiger partial charge >= 0.3 is 0 Å². The van der Waals surface area contributed by atoms with Gasteiger partial charge in [-0.25, -0.2) is 4.39 Å². The fourth-order valence-corrected chi connectivity index (χ4v) is 1.67. The number of nitrogens with zero attached hydrogens (tertiary/aromatic N) is 2. The van der Waals surface area contributed by atoms with E-state index in [1.165, 1.54) is 11.8 Å². The van der Waals surface area contributed by atoms with Crippen LogP contribution in [0.3, 0.4) is 0 Å². The monoisotopic (exact) mass is 297 g/mol. The second-order valence-electron chi connectivity index (χ2n) is 4.47. The first kappa shape index (κ1) is 16.5. The number of hydrogen-bond acceptors (Lipinski definition) is 4. The quantitative estimate of drug-likeness (QED) is 0.655. The van der Waals surface area contributed by atoms with Crippen LogP contribution in [0.4, 0.5) is 10.1 Å². The summed E-state index contributed by atoms with van der Waals surface area (Å²) in [7, 11) is 1.57. The Hall–Kier alpha value is -2.51. The van der Waals surface area contributed by atoms with Crippen molar-refractivity contribution in [3.63, 3.8) is 0 Å². The van der Waals surface area contributed by atoms with E-state index < -0.39 is 33.9 Å². The van der Waals surface area contributed by atoms with Gasteiger partial charge in [-0.1, -0.05) is 0 Å². The van der Waals surface area contributed by atoms with Crippen LogP contribution >= 0.6 is 0 Å². The third kappa shape index (κ3) is 3.98. The Kier molecular flexibility index (Phi) is 5.34. The van der Waals surface area contributed by atoms with E-state index in [0.29, 0.717) is 6.54 Å². The molecule has 2 amide bonds. The summed E-state index contributed by atoms with van der Waals surface area (Å²) in [6, 6.07) is 1.71. The summed E-state index contributed by atoms with van der Waals surface area (Å²) in [5, 5.41) is 13.2. The van der Waals surface area contributed by atoms with Crippen molar-refractivity contribution in [2.45, 2.75) is 19.9 Å². The molecule has 1 unspecified atom stereocenters. The molecule has 21 heavy (non-hydrogen) atoms. The minimum absolute atomic E-state index is 0.343. The molecule has 8 heteroatoms. The minimum atomic E-state index is -0.870. The molecule has 0 saturated carbocycles. The molecular formula is C13H16FN3O4. The lowest BCUT2D eigenvalue weighted by atomic mass is 10.1. The average molecular weight is 297 g/mol. The summed E-state index contributed by atoms with van der Waals surface area (Å²) in [6.07, 6.45) is 0.